The third-order valence-corrected chi connectivity index (χ3v) is 3.33. The summed E-state index contributed by atoms with van der Waals surface area (Å²) < 4.78 is 10.6. The lowest BCUT2D eigenvalue weighted by molar-refractivity contribution is -0.116. The van der Waals surface area contributed by atoms with Gasteiger partial charge in [-0.25, -0.2) is 0 Å². The lowest BCUT2D eigenvalue weighted by Crippen LogP contribution is -2.10. The van der Waals surface area contributed by atoms with Crippen LogP contribution in [0, 0.1) is 0 Å². The fraction of sp³-hybridized carbons (Fsp3) is 0.278. The number of methoxy groups -OCH3 is 2. The van der Waals surface area contributed by atoms with Crippen LogP contribution < -0.4 is 20.1 Å². The first-order valence-corrected chi connectivity index (χ1v) is 7.55. The molecule has 0 heterocycles. The van der Waals surface area contributed by atoms with Crippen molar-refractivity contribution in [2.45, 2.75) is 19.8 Å². The molecule has 2 rings (SSSR count). The van der Waals surface area contributed by atoms with Gasteiger partial charge in [0.15, 0.2) is 0 Å². The van der Waals surface area contributed by atoms with Gasteiger partial charge in [-0.15, -0.1) is 0 Å². The van der Waals surface area contributed by atoms with Crippen molar-refractivity contribution in [3.63, 3.8) is 0 Å². The Labute approximate surface area is 136 Å². The summed E-state index contributed by atoms with van der Waals surface area (Å²) in [6.45, 7) is 1.98. The molecule has 0 unspecified atom stereocenters. The molecule has 0 bridgehead atoms. The molecule has 2 N–H and O–H groups in total. The normalized spacial score (nSPS) is 10.0. The fourth-order valence-corrected chi connectivity index (χ4v) is 2.15. The van der Waals surface area contributed by atoms with Crippen molar-refractivity contribution in [1.29, 1.82) is 0 Å². The Morgan fingerprint density at radius 1 is 1.00 bits per heavy atom. The lowest BCUT2D eigenvalue weighted by Gasteiger charge is -2.13. The second kappa shape index (κ2) is 8.08. The second-order valence-corrected chi connectivity index (χ2v) is 5.07. The SMILES string of the molecule is CCCC(=O)Nc1ccc(Nc2cc(OC)ccc2OC)cc1. The lowest BCUT2D eigenvalue weighted by atomic mass is 10.2. The molecule has 0 saturated heterocycles. The average molecular weight is 314 g/mol. The Balaban J connectivity index is 2.10. The van der Waals surface area contributed by atoms with E-state index in [0.29, 0.717) is 6.42 Å². The van der Waals surface area contributed by atoms with Gasteiger partial charge in [-0.1, -0.05) is 6.92 Å². The summed E-state index contributed by atoms with van der Waals surface area (Å²) >= 11 is 0. The van der Waals surface area contributed by atoms with Gasteiger partial charge in [-0.2, -0.15) is 0 Å². The Morgan fingerprint density at radius 3 is 2.30 bits per heavy atom. The maximum absolute atomic E-state index is 11.6. The molecule has 2 aromatic carbocycles. The number of rotatable bonds is 7. The molecule has 0 saturated carbocycles. The van der Waals surface area contributed by atoms with Crippen molar-refractivity contribution >= 4 is 23.0 Å². The molecule has 0 fully saturated rings. The van der Waals surface area contributed by atoms with Gasteiger partial charge >= 0.3 is 0 Å². The van der Waals surface area contributed by atoms with Crippen molar-refractivity contribution in [3.8, 4) is 11.5 Å². The number of anilines is 3. The van der Waals surface area contributed by atoms with Gasteiger partial charge in [0.1, 0.15) is 11.5 Å². The summed E-state index contributed by atoms with van der Waals surface area (Å²) in [7, 11) is 3.25. The predicted octanol–water partition coefficient (Wildman–Crippen LogP) is 4.19. The van der Waals surface area contributed by atoms with Crippen LogP contribution in [-0.4, -0.2) is 20.1 Å². The van der Waals surface area contributed by atoms with E-state index in [1.807, 2.05) is 49.4 Å². The van der Waals surface area contributed by atoms with E-state index in [4.69, 9.17) is 9.47 Å². The number of carbonyl (C=O) groups excluding carboxylic acids is 1. The summed E-state index contributed by atoms with van der Waals surface area (Å²) in [5.41, 5.74) is 2.49. The predicted molar refractivity (Wildman–Crippen MR) is 92.8 cm³/mol. The molecule has 5 heteroatoms. The van der Waals surface area contributed by atoms with Crippen LogP contribution in [0.25, 0.3) is 0 Å². The third kappa shape index (κ3) is 4.64. The van der Waals surface area contributed by atoms with Crippen LogP contribution in [0.1, 0.15) is 19.8 Å². The van der Waals surface area contributed by atoms with Crippen LogP contribution in [0.5, 0.6) is 11.5 Å². The Hall–Kier alpha value is -2.69. The molecular formula is C18H22N2O3. The topological polar surface area (TPSA) is 59.6 Å². The highest BCUT2D eigenvalue weighted by molar-refractivity contribution is 5.90. The summed E-state index contributed by atoms with van der Waals surface area (Å²) in [6, 6.07) is 13.1. The van der Waals surface area contributed by atoms with E-state index in [1.54, 1.807) is 14.2 Å². The van der Waals surface area contributed by atoms with Crippen LogP contribution in [0.4, 0.5) is 17.1 Å². The minimum atomic E-state index is 0.0303. The van der Waals surface area contributed by atoms with E-state index in [1.165, 1.54) is 0 Å². The average Bonchev–Trinajstić information content (AvgIpc) is 2.56. The van der Waals surface area contributed by atoms with Gasteiger partial charge in [0.05, 0.1) is 19.9 Å². The second-order valence-electron chi connectivity index (χ2n) is 5.07. The molecule has 0 aliphatic rings. The third-order valence-electron chi connectivity index (χ3n) is 3.33. The molecule has 1 amide bonds. The van der Waals surface area contributed by atoms with Gasteiger partial charge in [-0.3, -0.25) is 4.79 Å². The minimum Gasteiger partial charge on any atom is -0.497 e. The zero-order valence-corrected chi connectivity index (χ0v) is 13.7. The van der Waals surface area contributed by atoms with Crippen LogP contribution in [0.15, 0.2) is 42.5 Å². The van der Waals surface area contributed by atoms with E-state index in [9.17, 15) is 4.79 Å². The zero-order chi connectivity index (χ0) is 16.7. The maximum Gasteiger partial charge on any atom is 0.224 e. The first-order valence-electron chi connectivity index (χ1n) is 7.55. The van der Waals surface area contributed by atoms with Crippen molar-refractivity contribution in [1.82, 2.24) is 0 Å². The summed E-state index contributed by atoms with van der Waals surface area (Å²) in [4.78, 5) is 11.6. The van der Waals surface area contributed by atoms with Gasteiger partial charge in [-0.05, 0) is 42.8 Å². The molecule has 0 spiro atoms. The number of nitrogens with one attached hydrogen (secondary N) is 2. The molecule has 0 radical (unpaired) electrons. The molecule has 5 nitrogen and oxygen atoms in total. The Morgan fingerprint density at radius 2 is 1.70 bits per heavy atom. The number of ether oxygens (including phenoxy) is 2. The first kappa shape index (κ1) is 16.7. The highest BCUT2D eigenvalue weighted by Crippen LogP contribution is 2.31. The number of hydrogen-bond acceptors (Lipinski definition) is 4. The van der Waals surface area contributed by atoms with E-state index < -0.39 is 0 Å². The molecule has 0 atom stereocenters. The van der Waals surface area contributed by atoms with Crippen molar-refractivity contribution in [3.05, 3.63) is 42.5 Å². The van der Waals surface area contributed by atoms with Gasteiger partial charge in [0.25, 0.3) is 0 Å². The molecule has 23 heavy (non-hydrogen) atoms. The van der Waals surface area contributed by atoms with Crippen LogP contribution >= 0.6 is 0 Å². The molecule has 0 aromatic heterocycles. The number of hydrogen-bond donors (Lipinski definition) is 2. The zero-order valence-electron chi connectivity index (χ0n) is 13.7. The molecular weight excluding hydrogens is 292 g/mol. The van der Waals surface area contributed by atoms with Crippen molar-refractivity contribution < 1.29 is 14.3 Å². The van der Waals surface area contributed by atoms with E-state index >= 15 is 0 Å². The number of carbonyl (C=O) groups is 1. The number of benzene rings is 2. The molecule has 122 valence electrons. The molecule has 0 aliphatic heterocycles. The highest BCUT2D eigenvalue weighted by Gasteiger charge is 2.06. The standard InChI is InChI=1S/C18H22N2O3/c1-4-5-18(21)20-14-8-6-13(7-9-14)19-16-12-15(22-2)10-11-17(16)23-3/h6-12,19H,4-5H2,1-3H3,(H,20,21). The van der Waals surface area contributed by atoms with E-state index in [-0.39, 0.29) is 5.91 Å². The van der Waals surface area contributed by atoms with E-state index in [2.05, 4.69) is 10.6 Å². The van der Waals surface area contributed by atoms with Crippen LogP contribution in [-0.2, 0) is 4.79 Å². The molecule has 0 aliphatic carbocycles. The summed E-state index contributed by atoms with van der Waals surface area (Å²) in [5, 5.41) is 6.15. The highest BCUT2D eigenvalue weighted by atomic mass is 16.5. The van der Waals surface area contributed by atoms with Crippen LogP contribution in [0.2, 0.25) is 0 Å². The minimum absolute atomic E-state index is 0.0303. The maximum atomic E-state index is 11.6. The Bertz CT molecular complexity index is 654. The van der Waals surface area contributed by atoms with E-state index in [0.717, 1.165) is 35.0 Å². The van der Waals surface area contributed by atoms with Gasteiger partial charge in [0.2, 0.25) is 5.91 Å². The van der Waals surface area contributed by atoms with Crippen LogP contribution in [0.3, 0.4) is 0 Å². The first-order chi connectivity index (χ1) is 11.2. The Kier molecular flexibility index (Phi) is 5.86. The molecule has 2 aromatic rings. The van der Waals surface area contributed by atoms with Crippen molar-refractivity contribution in [2.24, 2.45) is 0 Å². The largest absolute Gasteiger partial charge is 0.497 e. The smallest absolute Gasteiger partial charge is 0.224 e. The monoisotopic (exact) mass is 314 g/mol. The summed E-state index contributed by atoms with van der Waals surface area (Å²) in [6.07, 6.45) is 1.36. The van der Waals surface area contributed by atoms with Gasteiger partial charge < -0.3 is 20.1 Å². The summed E-state index contributed by atoms with van der Waals surface area (Å²) in [5.74, 6) is 1.51. The fourth-order valence-electron chi connectivity index (χ4n) is 2.15. The van der Waals surface area contributed by atoms with Crippen molar-refractivity contribution in [2.75, 3.05) is 24.9 Å². The quantitative estimate of drug-likeness (QED) is 0.804. The number of amides is 1. The van der Waals surface area contributed by atoms with Gasteiger partial charge in [0, 0.05) is 23.9 Å².